The molecule has 0 fully saturated rings. The zero-order valence-electron chi connectivity index (χ0n) is 10.0. The summed E-state index contributed by atoms with van der Waals surface area (Å²) >= 11 is 0. The van der Waals surface area contributed by atoms with E-state index in [-0.39, 0.29) is 0 Å². The number of pyridine rings is 1. The predicted molar refractivity (Wildman–Crippen MR) is 64.9 cm³/mol. The number of aryl methyl sites for hydroxylation is 1. The first kappa shape index (κ1) is 12.2. The number of nitrogens with zero attached hydrogens (tertiary/aromatic N) is 1. The lowest BCUT2D eigenvalue weighted by Gasteiger charge is -2.19. The average molecular weight is 206 g/mol. The molecule has 0 aliphatic heterocycles. The SMILES string of the molecule is CNC(CCCc1ccccn1)C(C)C. The van der Waals surface area contributed by atoms with Crippen LogP contribution in [0.4, 0.5) is 0 Å². The Labute approximate surface area is 93.1 Å². The van der Waals surface area contributed by atoms with Crippen LogP contribution >= 0.6 is 0 Å². The first-order chi connectivity index (χ1) is 7.24. The third-order valence-corrected chi connectivity index (χ3v) is 2.85. The van der Waals surface area contributed by atoms with E-state index in [4.69, 9.17) is 0 Å². The van der Waals surface area contributed by atoms with Gasteiger partial charge in [-0.25, -0.2) is 0 Å². The molecule has 15 heavy (non-hydrogen) atoms. The van der Waals surface area contributed by atoms with Crippen molar-refractivity contribution in [1.82, 2.24) is 10.3 Å². The van der Waals surface area contributed by atoms with E-state index >= 15 is 0 Å². The van der Waals surface area contributed by atoms with Crippen LogP contribution in [0.1, 0.15) is 32.4 Å². The summed E-state index contributed by atoms with van der Waals surface area (Å²) in [4.78, 5) is 4.33. The van der Waals surface area contributed by atoms with Crippen LogP contribution in [0, 0.1) is 5.92 Å². The van der Waals surface area contributed by atoms with Gasteiger partial charge in [-0.2, -0.15) is 0 Å². The van der Waals surface area contributed by atoms with Gasteiger partial charge in [0, 0.05) is 17.9 Å². The molecule has 0 radical (unpaired) electrons. The molecule has 1 aromatic rings. The Morgan fingerprint density at radius 3 is 2.67 bits per heavy atom. The van der Waals surface area contributed by atoms with Crippen molar-refractivity contribution in [3.63, 3.8) is 0 Å². The molecule has 1 N–H and O–H groups in total. The van der Waals surface area contributed by atoms with Crippen LogP contribution in [-0.2, 0) is 6.42 Å². The van der Waals surface area contributed by atoms with E-state index in [1.807, 2.05) is 19.3 Å². The Morgan fingerprint density at radius 2 is 2.13 bits per heavy atom. The van der Waals surface area contributed by atoms with E-state index in [9.17, 15) is 0 Å². The fourth-order valence-corrected chi connectivity index (χ4v) is 1.86. The highest BCUT2D eigenvalue weighted by Gasteiger charge is 2.09. The van der Waals surface area contributed by atoms with Gasteiger partial charge in [-0.15, -0.1) is 0 Å². The second kappa shape index (κ2) is 6.57. The highest BCUT2D eigenvalue weighted by molar-refractivity contribution is 5.03. The molecule has 0 bridgehead atoms. The summed E-state index contributed by atoms with van der Waals surface area (Å²) in [6, 6.07) is 6.76. The maximum Gasteiger partial charge on any atom is 0.0403 e. The van der Waals surface area contributed by atoms with Crippen molar-refractivity contribution in [2.45, 2.75) is 39.2 Å². The van der Waals surface area contributed by atoms with Crippen LogP contribution in [0.15, 0.2) is 24.4 Å². The molecule has 0 aliphatic rings. The molecule has 84 valence electrons. The largest absolute Gasteiger partial charge is 0.317 e. The van der Waals surface area contributed by atoms with Crippen LogP contribution in [0.3, 0.4) is 0 Å². The Kier molecular flexibility index (Phi) is 5.33. The summed E-state index contributed by atoms with van der Waals surface area (Å²) in [6.45, 7) is 4.53. The molecule has 0 aliphatic carbocycles. The minimum Gasteiger partial charge on any atom is -0.317 e. The van der Waals surface area contributed by atoms with Gasteiger partial charge in [-0.1, -0.05) is 19.9 Å². The number of aromatic nitrogens is 1. The van der Waals surface area contributed by atoms with Gasteiger partial charge in [0.2, 0.25) is 0 Å². The summed E-state index contributed by atoms with van der Waals surface area (Å²) in [5, 5.41) is 3.37. The number of hydrogen-bond acceptors (Lipinski definition) is 2. The Balaban J connectivity index is 2.27. The van der Waals surface area contributed by atoms with Crippen molar-refractivity contribution in [1.29, 1.82) is 0 Å². The molecule has 2 nitrogen and oxygen atoms in total. The topological polar surface area (TPSA) is 24.9 Å². The van der Waals surface area contributed by atoms with E-state index in [0.717, 1.165) is 6.42 Å². The summed E-state index contributed by atoms with van der Waals surface area (Å²) in [6.07, 6.45) is 5.39. The van der Waals surface area contributed by atoms with Gasteiger partial charge in [-0.3, -0.25) is 4.98 Å². The smallest absolute Gasteiger partial charge is 0.0403 e. The van der Waals surface area contributed by atoms with Crippen LogP contribution in [0.2, 0.25) is 0 Å². The van der Waals surface area contributed by atoms with E-state index in [2.05, 4.69) is 36.3 Å². The highest BCUT2D eigenvalue weighted by Crippen LogP contribution is 2.10. The minimum absolute atomic E-state index is 0.633. The third-order valence-electron chi connectivity index (χ3n) is 2.85. The second-order valence-corrected chi connectivity index (χ2v) is 4.35. The maximum absolute atomic E-state index is 4.33. The van der Waals surface area contributed by atoms with Gasteiger partial charge in [0.05, 0.1) is 0 Å². The van der Waals surface area contributed by atoms with Crippen LogP contribution in [0.5, 0.6) is 0 Å². The van der Waals surface area contributed by atoms with E-state index in [1.54, 1.807) is 0 Å². The quantitative estimate of drug-likeness (QED) is 0.774. The van der Waals surface area contributed by atoms with E-state index in [0.29, 0.717) is 12.0 Å². The van der Waals surface area contributed by atoms with Crippen molar-refractivity contribution in [2.24, 2.45) is 5.92 Å². The van der Waals surface area contributed by atoms with Gasteiger partial charge >= 0.3 is 0 Å². The summed E-state index contributed by atoms with van der Waals surface area (Å²) in [7, 11) is 2.05. The van der Waals surface area contributed by atoms with Crippen molar-refractivity contribution in [3.8, 4) is 0 Å². The lowest BCUT2D eigenvalue weighted by atomic mass is 9.98. The molecule has 0 aromatic carbocycles. The van der Waals surface area contributed by atoms with E-state index in [1.165, 1.54) is 18.5 Å². The zero-order valence-corrected chi connectivity index (χ0v) is 10.0. The molecule has 1 unspecified atom stereocenters. The van der Waals surface area contributed by atoms with Crippen molar-refractivity contribution in [3.05, 3.63) is 30.1 Å². The summed E-state index contributed by atoms with van der Waals surface area (Å²) in [5.41, 5.74) is 1.20. The molecule has 0 amide bonds. The van der Waals surface area contributed by atoms with Gasteiger partial charge < -0.3 is 5.32 Å². The molecule has 0 saturated heterocycles. The zero-order chi connectivity index (χ0) is 11.1. The molecule has 1 atom stereocenters. The number of nitrogens with one attached hydrogen (secondary N) is 1. The monoisotopic (exact) mass is 206 g/mol. The summed E-state index contributed by atoms with van der Waals surface area (Å²) < 4.78 is 0. The van der Waals surface area contributed by atoms with Crippen molar-refractivity contribution < 1.29 is 0 Å². The van der Waals surface area contributed by atoms with Gasteiger partial charge in [0.25, 0.3) is 0 Å². The van der Waals surface area contributed by atoms with Crippen LogP contribution < -0.4 is 5.32 Å². The van der Waals surface area contributed by atoms with Gasteiger partial charge in [-0.05, 0) is 44.4 Å². The standard InChI is InChI=1S/C13H22N2/c1-11(2)13(14-3)9-6-8-12-7-4-5-10-15-12/h4-5,7,10-11,13-14H,6,8-9H2,1-3H3. The molecular formula is C13H22N2. The van der Waals surface area contributed by atoms with Gasteiger partial charge in [0.15, 0.2) is 0 Å². The lowest BCUT2D eigenvalue weighted by Crippen LogP contribution is -2.30. The lowest BCUT2D eigenvalue weighted by molar-refractivity contribution is 0.393. The molecular weight excluding hydrogens is 184 g/mol. The van der Waals surface area contributed by atoms with Gasteiger partial charge in [0.1, 0.15) is 0 Å². The molecule has 1 heterocycles. The second-order valence-electron chi connectivity index (χ2n) is 4.35. The predicted octanol–water partition coefficient (Wildman–Crippen LogP) is 2.65. The van der Waals surface area contributed by atoms with Crippen LogP contribution in [0.25, 0.3) is 0 Å². The molecule has 2 heteroatoms. The first-order valence-electron chi connectivity index (χ1n) is 5.81. The molecule has 0 saturated carbocycles. The number of rotatable bonds is 6. The normalized spacial score (nSPS) is 13.1. The molecule has 1 aromatic heterocycles. The Morgan fingerprint density at radius 1 is 1.33 bits per heavy atom. The van der Waals surface area contributed by atoms with Crippen molar-refractivity contribution in [2.75, 3.05) is 7.05 Å². The Hall–Kier alpha value is -0.890. The summed E-state index contributed by atoms with van der Waals surface area (Å²) in [5.74, 6) is 0.707. The molecule has 1 rings (SSSR count). The highest BCUT2D eigenvalue weighted by atomic mass is 14.9. The minimum atomic E-state index is 0.633. The molecule has 0 spiro atoms. The fraction of sp³-hybridized carbons (Fsp3) is 0.615. The first-order valence-corrected chi connectivity index (χ1v) is 5.81. The fourth-order valence-electron chi connectivity index (χ4n) is 1.86. The maximum atomic E-state index is 4.33. The van der Waals surface area contributed by atoms with Crippen molar-refractivity contribution >= 4 is 0 Å². The number of hydrogen-bond donors (Lipinski definition) is 1. The Bertz CT molecular complexity index is 256. The van der Waals surface area contributed by atoms with E-state index < -0.39 is 0 Å². The van der Waals surface area contributed by atoms with Crippen LogP contribution in [-0.4, -0.2) is 18.1 Å². The third kappa shape index (κ3) is 4.43. The average Bonchev–Trinajstić information content (AvgIpc) is 2.25.